The molecule has 2 aromatic rings. The monoisotopic (exact) mass is 278 g/mol. The van der Waals surface area contributed by atoms with Crippen molar-refractivity contribution in [2.24, 2.45) is 0 Å². The first kappa shape index (κ1) is 10.4. The summed E-state index contributed by atoms with van der Waals surface area (Å²) in [7, 11) is 0. The molecule has 1 aliphatic carbocycles. The minimum atomic E-state index is 0.702. The maximum atomic E-state index is 5.65. The van der Waals surface area contributed by atoms with Crippen molar-refractivity contribution in [1.82, 2.24) is 0 Å². The molecule has 1 nitrogen and oxygen atoms in total. The van der Waals surface area contributed by atoms with Crippen LogP contribution >= 0.6 is 15.9 Å². The van der Waals surface area contributed by atoms with Gasteiger partial charge in [-0.15, -0.1) is 0 Å². The van der Waals surface area contributed by atoms with Crippen LogP contribution in [0.3, 0.4) is 0 Å². The molecular weight excluding hydrogens is 264 g/mol. The Balaban J connectivity index is 2.09. The van der Waals surface area contributed by atoms with E-state index in [-0.39, 0.29) is 0 Å². The van der Waals surface area contributed by atoms with E-state index in [4.69, 9.17) is 4.42 Å². The van der Waals surface area contributed by atoms with Gasteiger partial charge in [0, 0.05) is 15.4 Å². The fourth-order valence-corrected chi connectivity index (χ4v) is 3.36. The van der Waals surface area contributed by atoms with Crippen molar-refractivity contribution in [3.8, 4) is 0 Å². The smallest absolute Gasteiger partial charge is 0.135 e. The second kappa shape index (κ2) is 4.25. The van der Waals surface area contributed by atoms with Crippen molar-refractivity contribution in [2.75, 3.05) is 0 Å². The molecule has 1 aromatic carbocycles. The van der Waals surface area contributed by atoms with Crippen molar-refractivity contribution in [1.29, 1.82) is 0 Å². The summed E-state index contributed by atoms with van der Waals surface area (Å²) in [5.74, 6) is 0.702. The molecule has 0 N–H and O–H groups in total. The highest BCUT2D eigenvalue weighted by atomic mass is 79.9. The fourth-order valence-electron chi connectivity index (χ4n) is 2.78. The zero-order valence-corrected chi connectivity index (χ0v) is 10.8. The van der Waals surface area contributed by atoms with Crippen LogP contribution in [-0.4, -0.2) is 0 Å². The van der Waals surface area contributed by atoms with Crippen molar-refractivity contribution in [3.05, 3.63) is 34.5 Å². The van der Waals surface area contributed by atoms with Crippen LogP contribution in [0.4, 0.5) is 0 Å². The van der Waals surface area contributed by atoms with Gasteiger partial charge in [0.1, 0.15) is 5.58 Å². The molecule has 1 fully saturated rings. The number of hydrogen-bond donors (Lipinski definition) is 0. The summed E-state index contributed by atoms with van der Waals surface area (Å²) in [5, 5.41) is 1.29. The molecule has 0 aliphatic heterocycles. The molecule has 1 saturated carbocycles. The van der Waals surface area contributed by atoms with Gasteiger partial charge < -0.3 is 4.42 Å². The summed E-state index contributed by atoms with van der Waals surface area (Å²) in [5.41, 5.74) is 2.41. The van der Waals surface area contributed by atoms with E-state index in [2.05, 4.69) is 22.0 Å². The summed E-state index contributed by atoms with van der Waals surface area (Å²) < 4.78 is 6.82. The van der Waals surface area contributed by atoms with Gasteiger partial charge in [-0.1, -0.05) is 41.3 Å². The molecule has 16 heavy (non-hydrogen) atoms. The highest BCUT2D eigenvalue weighted by Crippen LogP contribution is 2.39. The zero-order chi connectivity index (χ0) is 11.0. The predicted molar refractivity (Wildman–Crippen MR) is 69.7 cm³/mol. The number of fused-ring (bicyclic) bond motifs is 1. The molecular formula is C14H15BrO. The molecule has 0 unspecified atom stereocenters. The topological polar surface area (TPSA) is 13.1 Å². The average Bonchev–Trinajstić information content (AvgIpc) is 2.75. The molecule has 0 atom stereocenters. The molecule has 0 saturated heterocycles. The lowest BCUT2D eigenvalue weighted by molar-refractivity contribution is 0.441. The van der Waals surface area contributed by atoms with Crippen LogP contribution in [0, 0.1) is 0 Å². The van der Waals surface area contributed by atoms with Gasteiger partial charge in [0.15, 0.2) is 0 Å². The maximum Gasteiger partial charge on any atom is 0.135 e. The van der Waals surface area contributed by atoms with Gasteiger partial charge in [0.2, 0.25) is 0 Å². The summed E-state index contributed by atoms with van der Waals surface area (Å²) in [6.07, 6.45) is 8.72. The largest absolute Gasteiger partial charge is 0.464 e. The predicted octanol–water partition coefficient (Wildman–Crippen LogP) is 5.24. The second-order valence-electron chi connectivity index (χ2n) is 4.64. The van der Waals surface area contributed by atoms with Crippen LogP contribution in [0.2, 0.25) is 0 Å². The lowest BCUT2D eigenvalue weighted by atomic mass is 9.84. The Kier molecular flexibility index (Phi) is 2.76. The van der Waals surface area contributed by atoms with Crippen LogP contribution < -0.4 is 0 Å². The first-order chi connectivity index (χ1) is 7.86. The standard InChI is InChI=1S/C14H15BrO/c15-12-7-4-8-13-14(12)11(9-16-13)10-5-2-1-3-6-10/h4,7-10H,1-3,5-6H2. The van der Waals surface area contributed by atoms with Crippen LogP contribution in [-0.2, 0) is 0 Å². The normalized spacial score (nSPS) is 18.1. The molecule has 0 spiro atoms. The number of furan rings is 1. The molecule has 1 aromatic heterocycles. The first-order valence-corrected chi connectivity index (χ1v) is 6.81. The molecule has 0 radical (unpaired) electrons. The summed E-state index contributed by atoms with van der Waals surface area (Å²) >= 11 is 3.63. The molecule has 3 rings (SSSR count). The molecule has 2 heteroatoms. The van der Waals surface area contributed by atoms with E-state index in [1.165, 1.54) is 47.5 Å². The van der Waals surface area contributed by atoms with Crippen molar-refractivity contribution in [3.63, 3.8) is 0 Å². The van der Waals surface area contributed by atoms with Gasteiger partial charge >= 0.3 is 0 Å². The second-order valence-corrected chi connectivity index (χ2v) is 5.49. The van der Waals surface area contributed by atoms with E-state index in [9.17, 15) is 0 Å². The van der Waals surface area contributed by atoms with Gasteiger partial charge in [-0.25, -0.2) is 0 Å². The van der Waals surface area contributed by atoms with Crippen molar-refractivity contribution in [2.45, 2.75) is 38.0 Å². The summed E-state index contributed by atoms with van der Waals surface area (Å²) in [6, 6.07) is 6.18. The van der Waals surface area contributed by atoms with E-state index in [1.807, 2.05) is 18.4 Å². The van der Waals surface area contributed by atoms with E-state index in [1.54, 1.807) is 0 Å². The SMILES string of the molecule is Brc1cccc2occ(C3CCCCC3)c12. The lowest BCUT2D eigenvalue weighted by Gasteiger charge is -2.20. The number of rotatable bonds is 1. The van der Waals surface area contributed by atoms with E-state index >= 15 is 0 Å². The van der Waals surface area contributed by atoms with Crippen LogP contribution in [0.1, 0.15) is 43.6 Å². The molecule has 84 valence electrons. The van der Waals surface area contributed by atoms with E-state index < -0.39 is 0 Å². The van der Waals surface area contributed by atoms with Crippen LogP contribution in [0.15, 0.2) is 33.4 Å². The van der Waals surface area contributed by atoms with Crippen LogP contribution in [0.25, 0.3) is 11.0 Å². The van der Waals surface area contributed by atoms with Crippen LogP contribution in [0.5, 0.6) is 0 Å². The highest BCUT2D eigenvalue weighted by Gasteiger charge is 2.20. The van der Waals surface area contributed by atoms with Gasteiger partial charge in [0.25, 0.3) is 0 Å². The number of halogens is 1. The highest BCUT2D eigenvalue weighted by molar-refractivity contribution is 9.10. The number of benzene rings is 1. The van der Waals surface area contributed by atoms with Crippen molar-refractivity contribution < 1.29 is 4.42 Å². The minimum Gasteiger partial charge on any atom is -0.464 e. The summed E-state index contributed by atoms with van der Waals surface area (Å²) in [4.78, 5) is 0. The average molecular weight is 279 g/mol. The molecule has 0 amide bonds. The molecule has 1 aliphatic rings. The van der Waals surface area contributed by atoms with E-state index in [0.717, 1.165) is 5.58 Å². The lowest BCUT2D eigenvalue weighted by Crippen LogP contribution is -2.03. The number of hydrogen-bond acceptors (Lipinski definition) is 1. The Hall–Kier alpha value is -0.760. The Morgan fingerprint density at radius 3 is 2.75 bits per heavy atom. The quantitative estimate of drug-likeness (QED) is 0.695. The maximum absolute atomic E-state index is 5.65. The third-order valence-electron chi connectivity index (χ3n) is 3.62. The Morgan fingerprint density at radius 1 is 1.12 bits per heavy atom. The van der Waals surface area contributed by atoms with Crippen molar-refractivity contribution >= 4 is 26.9 Å². The third kappa shape index (κ3) is 1.69. The zero-order valence-electron chi connectivity index (χ0n) is 9.21. The van der Waals surface area contributed by atoms with Gasteiger partial charge in [-0.05, 0) is 30.9 Å². The first-order valence-electron chi connectivity index (χ1n) is 6.02. The molecule has 0 bridgehead atoms. The van der Waals surface area contributed by atoms with Gasteiger partial charge in [-0.2, -0.15) is 0 Å². The van der Waals surface area contributed by atoms with E-state index in [0.29, 0.717) is 5.92 Å². The van der Waals surface area contributed by atoms with Gasteiger partial charge in [-0.3, -0.25) is 0 Å². The minimum absolute atomic E-state index is 0.702. The Bertz CT molecular complexity index is 494. The summed E-state index contributed by atoms with van der Waals surface area (Å²) in [6.45, 7) is 0. The molecule has 1 heterocycles. The Labute approximate surface area is 104 Å². The fraction of sp³-hybridized carbons (Fsp3) is 0.429. The Morgan fingerprint density at radius 2 is 1.94 bits per heavy atom. The van der Waals surface area contributed by atoms with Gasteiger partial charge in [0.05, 0.1) is 6.26 Å². The third-order valence-corrected chi connectivity index (χ3v) is 4.28.